The van der Waals surface area contributed by atoms with Gasteiger partial charge in [-0.1, -0.05) is 27.5 Å². The van der Waals surface area contributed by atoms with Crippen LogP contribution in [0.1, 0.15) is 12.5 Å². The summed E-state index contributed by atoms with van der Waals surface area (Å²) < 4.78 is 5.50. The van der Waals surface area contributed by atoms with Gasteiger partial charge in [0.05, 0.1) is 11.9 Å². The maximum atomic E-state index is 11.5. The van der Waals surface area contributed by atoms with E-state index in [1.54, 1.807) is 18.0 Å². The van der Waals surface area contributed by atoms with Gasteiger partial charge in [-0.2, -0.15) is 0 Å². The molecule has 0 aliphatic heterocycles. The Morgan fingerprint density at radius 2 is 2.24 bits per heavy atom. The fourth-order valence-electron chi connectivity index (χ4n) is 1.41. The van der Waals surface area contributed by atoms with Crippen molar-refractivity contribution in [3.63, 3.8) is 0 Å². The van der Waals surface area contributed by atoms with E-state index in [4.69, 9.17) is 16.3 Å². The Labute approximate surface area is 115 Å². The van der Waals surface area contributed by atoms with Gasteiger partial charge in [0, 0.05) is 24.2 Å². The summed E-state index contributed by atoms with van der Waals surface area (Å²) in [5.41, 5.74) is 0.913. The van der Waals surface area contributed by atoms with Gasteiger partial charge in [0.15, 0.2) is 0 Å². The van der Waals surface area contributed by atoms with Crippen LogP contribution in [-0.2, 0) is 11.3 Å². The van der Waals surface area contributed by atoms with E-state index in [-0.39, 0.29) is 5.91 Å². The minimum atomic E-state index is 0.0208. The summed E-state index contributed by atoms with van der Waals surface area (Å²) in [5, 5.41) is 0.955. The van der Waals surface area contributed by atoms with Gasteiger partial charge in [0.1, 0.15) is 5.75 Å². The molecular weight excluding hydrogens is 305 g/mol. The molecule has 0 fully saturated rings. The van der Waals surface area contributed by atoms with E-state index < -0.39 is 0 Å². The van der Waals surface area contributed by atoms with Gasteiger partial charge in [-0.05, 0) is 25.1 Å². The lowest BCUT2D eigenvalue weighted by molar-refractivity contribution is -0.127. The third kappa shape index (κ3) is 4.21. The Morgan fingerprint density at radius 1 is 1.53 bits per heavy atom. The zero-order chi connectivity index (χ0) is 12.8. The third-order valence-corrected chi connectivity index (χ3v) is 2.98. The molecule has 0 saturated heterocycles. The highest BCUT2D eigenvalue weighted by Crippen LogP contribution is 2.24. The number of carbonyl (C=O) groups is 1. The monoisotopic (exact) mass is 319 g/mol. The third-order valence-electron chi connectivity index (χ3n) is 2.27. The van der Waals surface area contributed by atoms with Crippen molar-refractivity contribution in [1.29, 1.82) is 0 Å². The number of amides is 1. The molecule has 94 valence electrons. The van der Waals surface area contributed by atoms with Crippen molar-refractivity contribution >= 4 is 33.4 Å². The van der Waals surface area contributed by atoms with E-state index in [0.717, 1.165) is 11.3 Å². The van der Waals surface area contributed by atoms with E-state index in [1.807, 2.05) is 19.1 Å². The summed E-state index contributed by atoms with van der Waals surface area (Å²) in [4.78, 5) is 13.1. The lowest BCUT2D eigenvalue weighted by atomic mass is 10.2. The molecule has 0 N–H and O–H groups in total. The predicted octanol–water partition coefficient (Wildman–Crippen LogP) is 3.09. The first-order valence-electron chi connectivity index (χ1n) is 5.29. The van der Waals surface area contributed by atoms with Crippen LogP contribution in [0.2, 0.25) is 5.02 Å². The second-order valence-electron chi connectivity index (χ2n) is 3.57. The van der Waals surface area contributed by atoms with Crippen molar-refractivity contribution < 1.29 is 9.53 Å². The van der Waals surface area contributed by atoms with Crippen LogP contribution in [0.15, 0.2) is 18.2 Å². The molecule has 1 aromatic carbocycles. The second kappa shape index (κ2) is 6.87. The molecule has 0 saturated carbocycles. The summed E-state index contributed by atoms with van der Waals surface area (Å²) in [6.45, 7) is 3.00. The maximum absolute atomic E-state index is 11.5. The largest absolute Gasteiger partial charge is 0.494 e. The fraction of sp³-hybridized carbons (Fsp3) is 0.417. The highest BCUT2D eigenvalue weighted by atomic mass is 79.9. The normalized spacial score (nSPS) is 10.1. The Hall–Kier alpha value is -0.740. The molecule has 0 bridgehead atoms. The zero-order valence-corrected chi connectivity index (χ0v) is 12.2. The average molecular weight is 321 g/mol. The molecule has 0 unspecified atom stereocenters. The number of halogens is 2. The van der Waals surface area contributed by atoms with Crippen molar-refractivity contribution in [1.82, 2.24) is 4.90 Å². The van der Waals surface area contributed by atoms with E-state index in [9.17, 15) is 4.79 Å². The van der Waals surface area contributed by atoms with Crippen LogP contribution in [0.3, 0.4) is 0 Å². The summed E-state index contributed by atoms with van der Waals surface area (Å²) in [7, 11) is 1.75. The highest BCUT2D eigenvalue weighted by molar-refractivity contribution is 9.09. The molecule has 5 heteroatoms. The Balaban J connectivity index is 2.87. The van der Waals surface area contributed by atoms with Crippen molar-refractivity contribution in [2.24, 2.45) is 0 Å². The second-order valence-corrected chi connectivity index (χ2v) is 4.57. The van der Waals surface area contributed by atoms with E-state index >= 15 is 0 Å². The van der Waals surface area contributed by atoms with Gasteiger partial charge in [0.2, 0.25) is 5.91 Å². The maximum Gasteiger partial charge on any atom is 0.233 e. The average Bonchev–Trinajstić information content (AvgIpc) is 2.31. The van der Waals surface area contributed by atoms with Crippen molar-refractivity contribution in [3.05, 3.63) is 28.8 Å². The van der Waals surface area contributed by atoms with Crippen LogP contribution in [0, 0.1) is 0 Å². The molecule has 1 rings (SSSR count). The SMILES string of the molecule is CCOc1ccc(Cl)cc1CN(C)C(=O)CBr. The molecule has 0 aliphatic rings. The van der Waals surface area contributed by atoms with Gasteiger partial charge in [-0.25, -0.2) is 0 Å². The number of hydrogen-bond acceptors (Lipinski definition) is 2. The molecule has 1 amide bonds. The Kier molecular flexibility index (Phi) is 5.78. The van der Waals surface area contributed by atoms with Gasteiger partial charge in [-0.15, -0.1) is 0 Å². The van der Waals surface area contributed by atoms with Gasteiger partial charge < -0.3 is 9.64 Å². The van der Waals surface area contributed by atoms with Gasteiger partial charge in [-0.3, -0.25) is 4.79 Å². The quantitative estimate of drug-likeness (QED) is 0.780. The highest BCUT2D eigenvalue weighted by Gasteiger charge is 2.11. The lowest BCUT2D eigenvalue weighted by Crippen LogP contribution is -2.27. The predicted molar refractivity (Wildman–Crippen MR) is 72.9 cm³/mol. The first kappa shape index (κ1) is 14.3. The smallest absolute Gasteiger partial charge is 0.233 e. The first-order valence-corrected chi connectivity index (χ1v) is 6.79. The molecule has 3 nitrogen and oxygen atoms in total. The topological polar surface area (TPSA) is 29.5 Å². The summed E-state index contributed by atoms with van der Waals surface area (Å²) in [5.74, 6) is 0.790. The molecule has 0 heterocycles. The van der Waals surface area contributed by atoms with E-state index in [1.165, 1.54) is 0 Å². The van der Waals surface area contributed by atoms with E-state index in [0.29, 0.717) is 23.5 Å². The minimum Gasteiger partial charge on any atom is -0.494 e. The first-order chi connectivity index (χ1) is 8.08. The van der Waals surface area contributed by atoms with Gasteiger partial charge in [0.25, 0.3) is 0 Å². The summed E-state index contributed by atoms with van der Waals surface area (Å²) in [6, 6.07) is 5.43. The van der Waals surface area contributed by atoms with Crippen LogP contribution in [0.25, 0.3) is 0 Å². The van der Waals surface area contributed by atoms with Crippen LogP contribution >= 0.6 is 27.5 Å². The molecule has 0 atom stereocenters. The lowest BCUT2D eigenvalue weighted by Gasteiger charge is -2.18. The molecule has 0 aliphatic carbocycles. The Morgan fingerprint density at radius 3 is 2.82 bits per heavy atom. The fourth-order valence-corrected chi connectivity index (χ4v) is 2.04. The molecular formula is C12H15BrClNO2. The van der Waals surface area contributed by atoms with Crippen molar-refractivity contribution in [2.45, 2.75) is 13.5 Å². The number of benzene rings is 1. The van der Waals surface area contributed by atoms with Crippen LogP contribution in [0.4, 0.5) is 0 Å². The number of hydrogen-bond donors (Lipinski definition) is 0. The summed E-state index contributed by atoms with van der Waals surface area (Å²) >= 11 is 9.09. The molecule has 1 aromatic rings. The minimum absolute atomic E-state index is 0.0208. The van der Waals surface area contributed by atoms with Gasteiger partial charge >= 0.3 is 0 Å². The number of nitrogens with zero attached hydrogens (tertiary/aromatic N) is 1. The zero-order valence-electron chi connectivity index (χ0n) is 9.87. The van der Waals surface area contributed by atoms with E-state index in [2.05, 4.69) is 15.9 Å². The molecule has 0 radical (unpaired) electrons. The van der Waals surface area contributed by atoms with Crippen LogP contribution in [0.5, 0.6) is 5.75 Å². The van der Waals surface area contributed by atoms with Crippen LogP contribution in [-0.4, -0.2) is 29.8 Å². The van der Waals surface area contributed by atoms with Crippen molar-refractivity contribution in [2.75, 3.05) is 19.0 Å². The Bertz CT molecular complexity index is 398. The van der Waals surface area contributed by atoms with Crippen LogP contribution < -0.4 is 4.74 Å². The summed E-state index contributed by atoms with van der Waals surface area (Å²) in [6.07, 6.45) is 0. The number of carbonyl (C=O) groups excluding carboxylic acids is 1. The molecule has 0 aromatic heterocycles. The molecule has 17 heavy (non-hydrogen) atoms. The van der Waals surface area contributed by atoms with Crippen molar-refractivity contribution in [3.8, 4) is 5.75 Å². The number of rotatable bonds is 5. The standard InChI is InChI=1S/C12H15BrClNO2/c1-3-17-11-5-4-10(14)6-9(11)8-15(2)12(16)7-13/h4-6H,3,7-8H2,1-2H3. The number of alkyl halides is 1. The molecule has 0 spiro atoms. The number of ether oxygens (including phenoxy) is 1.